The van der Waals surface area contributed by atoms with Gasteiger partial charge in [0.15, 0.2) is 0 Å². The number of halogens is 1. The van der Waals surface area contributed by atoms with Gasteiger partial charge in [0, 0.05) is 11.6 Å². The average molecular weight is 273 g/mol. The molecule has 1 aliphatic rings. The summed E-state index contributed by atoms with van der Waals surface area (Å²) in [4.78, 5) is 11.2. The lowest BCUT2D eigenvalue weighted by atomic mass is 10.0. The Kier molecular flexibility index (Phi) is 2.78. The number of aromatic nitrogens is 2. The van der Waals surface area contributed by atoms with Crippen molar-refractivity contribution >= 4 is 11.8 Å². The zero-order valence-electron chi connectivity index (χ0n) is 10.7. The fourth-order valence-corrected chi connectivity index (χ4v) is 2.29. The van der Waals surface area contributed by atoms with Gasteiger partial charge in [-0.1, -0.05) is 18.2 Å². The lowest BCUT2D eigenvalue weighted by Crippen LogP contribution is -2.24. The van der Waals surface area contributed by atoms with E-state index in [1.54, 1.807) is 35.9 Å². The van der Waals surface area contributed by atoms with Gasteiger partial charge in [0.2, 0.25) is 0 Å². The Balaban J connectivity index is 2.17. The van der Waals surface area contributed by atoms with E-state index in [1.807, 2.05) is 0 Å². The molecule has 1 aromatic carbocycles. The molecule has 2 N–H and O–H groups in total. The van der Waals surface area contributed by atoms with Crippen LogP contribution in [0.3, 0.4) is 0 Å². The Labute approximate surface area is 114 Å². The first kappa shape index (κ1) is 12.4. The summed E-state index contributed by atoms with van der Waals surface area (Å²) in [5.74, 6) is -0.938. The summed E-state index contributed by atoms with van der Waals surface area (Å²) < 4.78 is 15.5. The number of aryl methyl sites for hydroxylation is 1. The van der Waals surface area contributed by atoms with Crippen molar-refractivity contribution in [2.45, 2.75) is 13.0 Å². The first-order valence-corrected chi connectivity index (χ1v) is 6.09. The molecule has 1 aliphatic heterocycles. The van der Waals surface area contributed by atoms with E-state index in [1.165, 1.54) is 12.1 Å². The number of fused-ring (bicyclic) bond motifs is 1. The highest BCUT2D eigenvalue weighted by molar-refractivity contribution is 5.90. The van der Waals surface area contributed by atoms with Gasteiger partial charge >= 0.3 is 5.97 Å². The van der Waals surface area contributed by atoms with Gasteiger partial charge in [0.1, 0.15) is 23.4 Å². The van der Waals surface area contributed by atoms with Crippen LogP contribution in [-0.4, -0.2) is 20.9 Å². The van der Waals surface area contributed by atoms with Gasteiger partial charge in [0.05, 0.1) is 5.69 Å². The van der Waals surface area contributed by atoms with Crippen LogP contribution < -0.4 is 5.32 Å². The molecular weight excluding hydrogens is 261 g/mol. The minimum absolute atomic E-state index is 0.0191. The number of rotatable bonds is 2. The zero-order chi connectivity index (χ0) is 14.3. The predicted octanol–water partition coefficient (Wildman–Crippen LogP) is 2.31. The molecule has 2 heterocycles. The van der Waals surface area contributed by atoms with E-state index in [-0.39, 0.29) is 11.5 Å². The molecule has 6 heteroatoms. The van der Waals surface area contributed by atoms with Crippen LogP contribution in [0.15, 0.2) is 42.1 Å². The maximum Gasteiger partial charge on any atom is 0.352 e. The van der Waals surface area contributed by atoms with Crippen molar-refractivity contribution < 1.29 is 14.3 Å². The van der Waals surface area contributed by atoms with Gasteiger partial charge in [-0.2, -0.15) is 5.10 Å². The average Bonchev–Trinajstić information content (AvgIpc) is 2.78. The molecule has 0 saturated carbocycles. The predicted molar refractivity (Wildman–Crippen MR) is 70.8 cm³/mol. The molecule has 1 aromatic heterocycles. The molecule has 0 bridgehead atoms. The Hall–Kier alpha value is -2.63. The van der Waals surface area contributed by atoms with Crippen LogP contribution in [0.25, 0.3) is 0 Å². The minimum atomic E-state index is -1.09. The number of carboxylic acid groups (broad SMARTS) is 1. The van der Waals surface area contributed by atoms with Crippen LogP contribution >= 0.6 is 0 Å². The third-order valence-corrected chi connectivity index (χ3v) is 3.16. The second kappa shape index (κ2) is 4.48. The van der Waals surface area contributed by atoms with Crippen molar-refractivity contribution in [1.29, 1.82) is 0 Å². The number of carbonyl (C=O) groups is 1. The first-order chi connectivity index (χ1) is 9.56. The molecule has 5 nitrogen and oxygen atoms in total. The van der Waals surface area contributed by atoms with Gasteiger partial charge in [0.25, 0.3) is 0 Å². The molecule has 2 aromatic rings. The molecule has 0 spiro atoms. The number of hydrogen-bond acceptors (Lipinski definition) is 3. The summed E-state index contributed by atoms with van der Waals surface area (Å²) >= 11 is 0. The summed E-state index contributed by atoms with van der Waals surface area (Å²) in [6.45, 7) is 1.80. The fourth-order valence-electron chi connectivity index (χ4n) is 2.29. The van der Waals surface area contributed by atoms with Crippen LogP contribution in [-0.2, 0) is 4.79 Å². The van der Waals surface area contributed by atoms with E-state index in [4.69, 9.17) is 5.11 Å². The van der Waals surface area contributed by atoms with Crippen molar-refractivity contribution in [3.8, 4) is 0 Å². The van der Waals surface area contributed by atoms with Gasteiger partial charge < -0.3 is 10.4 Å². The number of hydrogen-bond donors (Lipinski definition) is 2. The normalized spacial score (nSPS) is 17.1. The third-order valence-electron chi connectivity index (χ3n) is 3.16. The van der Waals surface area contributed by atoms with Gasteiger partial charge in [-0.3, -0.25) is 0 Å². The number of carboxylic acids is 1. The number of nitrogens with zero attached hydrogens (tertiary/aromatic N) is 2. The standard InChI is InChI=1S/C14H12FN3O2/c1-8-6-13-16-11(14(19)20)7-12(18(13)17-8)9-4-2-3-5-10(9)15/h2-7,12,16H,1H3,(H,19,20). The lowest BCUT2D eigenvalue weighted by Gasteiger charge is -2.23. The highest BCUT2D eigenvalue weighted by Gasteiger charge is 2.26. The second-order valence-electron chi connectivity index (χ2n) is 4.59. The minimum Gasteiger partial charge on any atom is -0.477 e. The van der Waals surface area contributed by atoms with E-state index < -0.39 is 12.0 Å². The number of allylic oxidation sites excluding steroid dienone is 1. The Morgan fingerprint density at radius 1 is 1.45 bits per heavy atom. The Morgan fingerprint density at radius 2 is 2.20 bits per heavy atom. The topological polar surface area (TPSA) is 67.2 Å². The summed E-state index contributed by atoms with van der Waals surface area (Å²) in [5, 5.41) is 16.2. The molecule has 0 fully saturated rings. The van der Waals surface area contributed by atoms with Crippen molar-refractivity contribution in [2.75, 3.05) is 5.32 Å². The Bertz CT molecular complexity index is 721. The molecule has 1 unspecified atom stereocenters. The monoisotopic (exact) mass is 273 g/mol. The first-order valence-electron chi connectivity index (χ1n) is 6.09. The fraction of sp³-hybridized carbons (Fsp3) is 0.143. The van der Waals surface area contributed by atoms with Crippen LogP contribution in [0.2, 0.25) is 0 Å². The molecule has 0 saturated heterocycles. The number of anilines is 1. The highest BCUT2D eigenvalue weighted by Crippen LogP contribution is 2.31. The van der Waals surface area contributed by atoms with Crippen LogP contribution in [0.1, 0.15) is 17.3 Å². The van der Waals surface area contributed by atoms with Crippen LogP contribution in [0.4, 0.5) is 10.2 Å². The maximum atomic E-state index is 14.0. The number of benzene rings is 1. The van der Waals surface area contributed by atoms with Crippen molar-refractivity contribution in [3.05, 3.63) is 59.2 Å². The quantitative estimate of drug-likeness (QED) is 0.881. The third kappa shape index (κ3) is 1.95. The molecular formula is C14H12FN3O2. The molecule has 102 valence electrons. The van der Waals surface area contributed by atoms with E-state index >= 15 is 0 Å². The lowest BCUT2D eigenvalue weighted by molar-refractivity contribution is -0.132. The van der Waals surface area contributed by atoms with Crippen molar-refractivity contribution in [2.24, 2.45) is 0 Å². The SMILES string of the molecule is Cc1cc2n(n1)C(c1ccccc1F)C=C(C(=O)O)N2. The van der Waals surface area contributed by atoms with Gasteiger partial charge in [-0.15, -0.1) is 0 Å². The molecule has 0 radical (unpaired) electrons. The molecule has 1 atom stereocenters. The molecule has 0 amide bonds. The van der Waals surface area contributed by atoms with E-state index in [0.29, 0.717) is 11.4 Å². The molecule has 0 aliphatic carbocycles. The van der Waals surface area contributed by atoms with E-state index in [0.717, 1.165) is 5.69 Å². The summed E-state index contributed by atoms with van der Waals surface area (Å²) in [5.41, 5.74) is 1.14. The van der Waals surface area contributed by atoms with Crippen LogP contribution in [0.5, 0.6) is 0 Å². The summed E-state index contributed by atoms with van der Waals surface area (Å²) in [7, 11) is 0. The van der Waals surface area contributed by atoms with E-state index in [2.05, 4.69) is 10.4 Å². The summed E-state index contributed by atoms with van der Waals surface area (Å²) in [6, 6.07) is 7.43. The maximum absolute atomic E-state index is 14.0. The van der Waals surface area contributed by atoms with Crippen LogP contribution in [0, 0.1) is 12.7 Å². The summed E-state index contributed by atoms with van der Waals surface area (Å²) in [6.07, 6.45) is 1.46. The molecule has 3 rings (SSSR count). The number of nitrogens with one attached hydrogen (secondary N) is 1. The van der Waals surface area contributed by atoms with Crippen molar-refractivity contribution in [3.63, 3.8) is 0 Å². The molecule has 20 heavy (non-hydrogen) atoms. The largest absolute Gasteiger partial charge is 0.477 e. The van der Waals surface area contributed by atoms with Gasteiger partial charge in [-0.25, -0.2) is 13.9 Å². The second-order valence-corrected chi connectivity index (χ2v) is 4.59. The van der Waals surface area contributed by atoms with Gasteiger partial charge in [-0.05, 0) is 19.1 Å². The zero-order valence-corrected chi connectivity index (χ0v) is 10.7. The van der Waals surface area contributed by atoms with Crippen molar-refractivity contribution in [1.82, 2.24) is 9.78 Å². The highest BCUT2D eigenvalue weighted by atomic mass is 19.1. The Morgan fingerprint density at radius 3 is 2.90 bits per heavy atom. The van der Waals surface area contributed by atoms with E-state index in [9.17, 15) is 9.18 Å². The number of aliphatic carboxylic acids is 1. The smallest absolute Gasteiger partial charge is 0.352 e.